The zero-order valence-electron chi connectivity index (χ0n) is 13.4. The Labute approximate surface area is 131 Å². The Kier molecular flexibility index (Phi) is 7.53. The average Bonchev–Trinajstić information content (AvgIpc) is 2.54. The lowest BCUT2D eigenvalue weighted by atomic mass is 10.2. The first-order chi connectivity index (χ1) is 10.6. The number of ether oxygens (including phenoxy) is 1. The van der Waals surface area contributed by atoms with Gasteiger partial charge in [0.15, 0.2) is 5.96 Å². The number of rotatable bonds is 7. The molecule has 0 bridgehead atoms. The van der Waals surface area contributed by atoms with Crippen LogP contribution < -0.4 is 15.4 Å². The van der Waals surface area contributed by atoms with Crippen molar-refractivity contribution < 1.29 is 9.53 Å². The van der Waals surface area contributed by atoms with Gasteiger partial charge in [0, 0.05) is 20.6 Å². The Bertz CT molecular complexity index is 509. The summed E-state index contributed by atoms with van der Waals surface area (Å²) in [6, 6.07) is 7.70. The second-order valence-electron chi connectivity index (χ2n) is 4.82. The predicted molar refractivity (Wildman–Crippen MR) is 89.0 cm³/mol. The summed E-state index contributed by atoms with van der Waals surface area (Å²) in [6.45, 7) is 4.93. The maximum absolute atomic E-state index is 11.6. The summed E-state index contributed by atoms with van der Waals surface area (Å²) in [4.78, 5) is 17.6. The summed E-state index contributed by atoms with van der Waals surface area (Å²) in [6.07, 6.45) is 1.73. The lowest BCUT2D eigenvalue weighted by Crippen LogP contribution is -2.43. The molecule has 0 atom stereocenters. The number of guanidine groups is 1. The van der Waals surface area contributed by atoms with Crippen LogP contribution in [0.5, 0.6) is 5.75 Å². The highest BCUT2D eigenvalue weighted by atomic mass is 16.5. The minimum atomic E-state index is -0.0162. The van der Waals surface area contributed by atoms with Crippen LogP contribution in [0.15, 0.2) is 41.9 Å². The van der Waals surface area contributed by atoms with E-state index in [2.05, 4.69) is 22.2 Å². The Hall–Kier alpha value is -2.50. The minimum Gasteiger partial charge on any atom is -0.497 e. The number of hydrogen-bond acceptors (Lipinski definition) is 3. The van der Waals surface area contributed by atoms with Crippen molar-refractivity contribution in [3.05, 3.63) is 42.5 Å². The number of amides is 1. The van der Waals surface area contributed by atoms with E-state index in [4.69, 9.17) is 4.74 Å². The summed E-state index contributed by atoms with van der Waals surface area (Å²) in [7, 11) is 5.07. The van der Waals surface area contributed by atoms with Crippen LogP contribution in [0.1, 0.15) is 5.56 Å². The first kappa shape index (κ1) is 17.6. The normalized spacial score (nSPS) is 10.8. The van der Waals surface area contributed by atoms with E-state index in [9.17, 15) is 4.79 Å². The topological polar surface area (TPSA) is 66.0 Å². The summed E-state index contributed by atoms with van der Waals surface area (Å²) in [5.41, 5.74) is 1.06. The van der Waals surface area contributed by atoms with Gasteiger partial charge in [0.2, 0.25) is 5.91 Å². The smallest absolute Gasteiger partial charge is 0.241 e. The van der Waals surface area contributed by atoms with Crippen molar-refractivity contribution in [1.29, 1.82) is 0 Å². The fraction of sp³-hybridized carbons (Fsp3) is 0.375. The van der Waals surface area contributed by atoms with Gasteiger partial charge in [-0.05, 0) is 17.7 Å². The molecule has 0 unspecified atom stereocenters. The van der Waals surface area contributed by atoms with E-state index in [0.717, 1.165) is 11.3 Å². The number of likely N-dealkylation sites (N-methyl/N-ethyl adjacent to an activating group) is 1. The Balaban J connectivity index is 2.64. The van der Waals surface area contributed by atoms with Gasteiger partial charge in [0.05, 0.1) is 20.2 Å². The zero-order valence-corrected chi connectivity index (χ0v) is 13.4. The molecule has 1 amide bonds. The van der Waals surface area contributed by atoms with E-state index in [-0.39, 0.29) is 12.5 Å². The highest BCUT2D eigenvalue weighted by molar-refractivity contribution is 5.86. The molecule has 120 valence electrons. The van der Waals surface area contributed by atoms with Crippen molar-refractivity contribution in [2.45, 2.75) is 6.54 Å². The van der Waals surface area contributed by atoms with Crippen molar-refractivity contribution >= 4 is 11.9 Å². The second-order valence-corrected chi connectivity index (χ2v) is 4.82. The molecule has 0 saturated carbocycles. The van der Waals surface area contributed by atoms with Crippen LogP contribution in [0.2, 0.25) is 0 Å². The van der Waals surface area contributed by atoms with Crippen molar-refractivity contribution in [2.75, 3.05) is 34.3 Å². The average molecular weight is 304 g/mol. The molecule has 1 aromatic carbocycles. The van der Waals surface area contributed by atoms with E-state index >= 15 is 0 Å². The van der Waals surface area contributed by atoms with Crippen LogP contribution >= 0.6 is 0 Å². The highest BCUT2D eigenvalue weighted by Crippen LogP contribution is 2.11. The maximum atomic E-state index is 11.6. The molecule has 6 nitrogen and oxygen atoms in total. The highest BCUT2D eigenvalue weighted by Gasteiger charge is 2.05. The maximum Gasteiger partial charge on any atom is 0.241 e. The predicted octanol–water partition coefficient (Wildman–Crippen LogP) is 1.00. The third-order valence-corrected chi connectivity index (χ3v) is 2.90. The summed E-state index contributed by atoms with van der Waals surface area (Å²) in [5.74, 6) is 1.37. The number of hydrogen-bond donors (Lipinski definition) is 2. The molecule has 0 radical (unpaired) electrons. The van der Waals surface area contributed by atoms with Crippen LogP contribution in [0.25, 0.3) is 0 Å². The standard InChI is InChI=1S/C16H24N4O2/c1-5-10-17-16(19-12-15(21)20(2)3)18-11-13-6-8-14(22-4)9-7-13/h5-9H,1,10-12H2,2-4H3,(H2,17,18,19). The first-order valence-electron chi connectivity index (χ1n) is 7.03. The fourth-order valence-electron chi connectivity index (χ4n) is 1.56. The first-order valence-corrected chi connectivity index (χ1v) is 7.03. The Morgan fingerprint density at radius 2 is 2.00 bits per heavy atom. The van der Waals surface area contributed by atoms with Crippen LogP contribution in [0.3, 0.4) is 0 Å². The van der Waals surface area contributed by atoms with Crippen molar-refractivity contribution in [3.8, 4) is 5.75 Å². The quantitative estimate of drug-likeness (QED) is 0.448. The third kappa shape index (κ3) is 6.30. The van der Waals surface area contributed by atoms with Gasteiger partial charge in [-0.15, -0.1) is 6.58 Å². The molecular formula is C16H24N4O2. The number of methoxy groups -OCH3 is 1. The van der Waals surface area contributed by atoms with E-state index in [1.165, 1.54) is 4.90 Å². The Morgan fingerprint density at radius 3 is 2.55 bits per heavy atom. The molecule has 0 aliphatic carbocycles. The van der Waals surface area contributed by atoms with Gasteiger partial charge in [-0.1, -0.05) is 18.2 Å². The van der Waals surface area contributed by atoms with Gasteiger partial charge in [-0.3, -0.25) is 4.79 Å². The minimum absolute atomic E-state index is 0.0162. The summed E-state index contributed by atoms with van der Waals surface area (Å²) < 4.78 is 5.12. The molecule has 0 aromatic heterocycles. The van der Waals surface area contributed by atoms with Crippen LogP contribution in [-0.4, -0.2) is 51.1 Å². The summed E-state index contributed by atoms with van der Waals surface area (Å²) in [5, 5.41) is 6.09. The molecule has 6 heteroatoms. The van der Waals surface area contributed by atoms with Gasteiger partial charge >= 0.3 is 0 Å². The SMILES string of the molecule is C=CCNC(=NCc1ccc(OC)cc1)NCC(=O)N(C)C. The number of aliphatic imine (C=N–C) groups is 1. The molecule has 22 heavy (non-hydrogen) atoms. The second kappa shape index (κ2) is 9.44. The third-order valence-electron chi connectivity index (χ3n) is 2.90. The van der Waals surface area contributed by atoms with Gasteiger partial charge in [0.25, 0.3) is 0 Å². The lowest BCUT2D eigenvalue weighted by molar-refractivity contribution is -0.127. The van der Waals surface area contributed by atoms with E-state index in [1.807, 2.05) is 24.3 Å². The lowest BCUT2D eigenvalue weighted by Gasteiger charge is -2.14. The summed E-state index contributed by atoms with van der Waals surface area (Å²) >= 11 is 0. The fourth-order valence-corrected chi connectivity index (χ4v) is 1.56. The molecule has 0 heterocycles. The molecule has 0 spiro atoms. The van der Waals surface area contributed by atoms with Crippen LogP contribution in [0, 0.1) is 0 Å². The van der Waals surface area contributed by atoms with E-state index in [1.54, 1.807) is 27.3 Å². The molecule has 0 fully saturated rings. The number of nitrogens with zero attached hydrogens (tertiary/aromatic N) is 2. The molecule has 0 saturated heterocycles. The van der Waals surface area contributed by atoms with Gasteiger partial charge in [0.1, 0.15) is 5.75 Å². The van der Waals surface area contributed by atoms with Crippen molar-refractivity contribution in [1.82, 2.24) is 15.5 Å². The number of carbonyl (C=O) groups excluding carboxylic acids is 1. The molecule has 0 aliphatic heterocycles. The number of nitrogens with one attached hydrogen (secondary N) is 2. The molecule has 0 aliphatic rings. The molecule has 1 rings (SSSR count). The van der Waals surface area contributed by atoms with Gasteiger partial charge in [-0.2, -0.15) is 0 Å². The van der Waals surface area contributed by atoms with Crippen molar-refractivity contribution in [3.63, 3.8) is 0 Å². The Morgan fingerprint density at radius 1 is 1.32 bits per heavy atom. The molecule has 2 N–H and O–H groups in total. The largest absolute Gasteiger partial charge is 0.497 e. The van der Waals surface area contributed by atoms with E-state index in [0.29, 0.717) is 19.0 Å². The van der Waals surface area contributed by atoms with Crippen LogP contribution in [0.4, 0.5) is 0 Å². The number of carbonyl (C=O) groups is 1. The molecule has 1 aromatic rings. The molecular weight excluding hydrogens is 280 g/mol. The van der Waals surface area contributed by atoms with E-state index < -0.39 is 0 Å². The zero-order chi connectivity index (χ0) is 16.4. The van der Waals surface area contributed by atoms with Gasteiger partial charge in [-0.25, -0.2) is 4.99 Å². The van der Waals surface area contributed by atoms with Crippen LogP contribution in [-0.2, 0) is 11.3 Å². The monoisotopic (exact) mass is 304 g/mol. The van der Waals surface area contributed by atoms with Gasteiger partial charge < -0.3 is 20.3 Å². The van der Waals surface area contributed by atoms with Crippen molar-refractivity contribution in [2.24, 2.45) is 4.99 Å². The number of benzene rings is 1.